The first-order valence-electron chi connectivity index (χ1n) is 10.3. The Labute approximate surface area is 166 Å². The summed E-state index contributed by atoms with van der Waals surface area (Å²) in [6, 6.07) is 17.4. The van der Waals surface area contributed by atoms with Gasteiger partial charge in [0.25, 0.3) is 0 Å². The molecular weight excluding hydrogens is 353 g/mol. The maximum Gasteiger partial charge on any atom is 0.320 e. The third-order valence-electron chi connectivity index (χ3n) is 5.99. The molecule has 2 amide bonds. The number of nitrogens with zero attached hydrogens (tertiary/aromatic N) is 3. The Hall–Kier alpha value is -2.56. The minimum Gasteiger partial charge on any atom is -0.368 e. The van der Waals surface area contributed by atoms with Crippen LogP contribution in [0.2, 0.25) is 0 Å². The van der Waals surface area contributed by atoms with Gasteiger partial charge in [0.05, 0.1) is 0 Å². The Kier molecular flexibility index (Phi) is 5.79. The van der Waals surface area contributed by atoms with E-state index in [9.17, 15) is 9.18 Å². The minimum absolute atomic E-state index is 0.178. The molecule has 28 heavy (non-hydrogen) atoms. The molecule has 5 heteroatoms. The predicted octanol–water partition coefficient (Wildman–Crippen LogP) is 4.02. The number of urea groups is 1. The van der Waals surface area contributed by atoms with Crippen molar-refractivity contribution in [3.05, 3.63) is 66.0 Å². The van der Waals surface area contributed by atoms with E-state index in [0.29, 0.717) is 5.92 Å². The number of likely N-dealkylation sites (tertiary alicyclic amines) is 1. The Morgan fingerprint density at radius 1 is 0.821 bits per heavy atom. The van der Waals surface area contributed by atoms with Gasteiger partial charge in [0.15, 0.2) is 0 Å². The number of benzene rings is 2. The molecule has 4 nitrogen and oxygen atoms in total. The number of carbonyl (C=O) groups excluding carboxylic acids is 1. The standard InChI is InChI=1S/C23H28FN3O/c24-21-6-8-22(9-7-21)25-14-16-27(17-15-25)23(28)26-12-10-20(11-13-26)18-19-4-2-1-3-5-19/h1-9,20H,10-18H2. The molecule has 0 N–H and O–H groups in total. The summed E-state index contributed by atoms with van der Waals surface area (Å²) < 4.78 is 13.1. The highest BCUT2D eigenvalue weighted by atomic mass is 19.1. The second-order valence-electron chi connectivity index (χ2n) is 7.85. The summed E-state index contributed by atoms with van der Waals surface area (Å²) >= 11 is 0. The zero-order chi connectivity index (χ0) is 19.3. The monoisotopic (exact) mass is 381 g/mol. The molecule has 0 aliphatic carbocycles. The fraction of sp³-hybridized carbons (Fsp3) is 0.435. The molecule has 2 aliphatic rings. The van der Waals surface area contributed by atoms with Gasteiger partial charge in [-0.25, -0.2) is 9.18 Å². The smallest absolute Gasteiger partial charge is 0.320 e. The second kappa shape index (κ2) is 8.63. The van der Waals surface area contributed by atoms with Gasteiger partial charge in [0, 0.05) is 45.0 Å². The van der Waals surface area contributed by atoms with Crippen LogP contribution in [0.4, 0.5) is 14.9 Å². The number of piperazine rings is 1. The third-order valence-corrected chi connectivity index (χ3v) is 5.99. The van der Waals surface area contributed by atoms with E-state index in [1.54, 1.807) is 0 Å². The van der Waals surface area contributed by atoms with E-state index < -0.39 is 0 Å². The van der Waals surface area contributed by atoms with E-state index in [0.717, 1.165) is 64.2 Å². The van der Waals surface area contributed by atoms with Crippen LogP contribution >= 0.6 is 0 Å². The topological polar surface area (TPSA) is 26.8 Å². The lowest BCUT2D eigenvalue weighted by atomic mass is 9.90. The van der Waals surface area contributed by atoms with Crippen LogP contribution in [0.5, 0.6) is 0 Å². The zero-order valence-corrected chi connectivity index (χ0v) is 16.3. The molecule has 2 aliphatic heterocycles. The van der Waals surface area contributed by atoms with Gasteiger partial charge in [0.1, 0.15) is 5.82 Å². The molecule has 0 aromatic heterocycles. The van der Waals surface area contributed by atoms with Gasteiger partial charge in [0.2, 0.25) is 0 Å². The molecule has 2 aromatic carbocycles. The van der Waals surface area contributed by atoms with Crippen LogP contribution in [0.1, 0.15) is 18.4 Å². The summed E-state index contributed by atoms with van der Waals surface area (Å²) in [7, 11) is 0. The van der Waals surface area contributed by atoms with E-state index in [1.807, 2.05) is 21.9 Å². The molecule has 0 spiro atoms. The largest absolute Gasteiger partial charge is 0.368 e. The normalized spacial score (nSPS) is 18.4. The molecule has 0 saturated carbocycles. The Bertz CT molecular complexity index is 764. The summed E-state index contributed by atoms with van der Waals surface area (Å²) in [5.41, 5.74) is 2.42. The fourth-order valence-electron chi connectivity index (χ4n) is 4.28. The van der Waals surface area contributed by atoms with Crippen molar-refractivity contribution in [1.82, 2.24) is 9.80 Å². The number of halogens is 1. The van der Waals surface area contributed by atoms with Crippen molar-refractivity contribution in [2.24, 2.45) is 5.92 Å². The maximum atomic E-state index is 13.1. The molecule has 2 aromatic rings. The van der Waals surface area contributed by atoms with Crippen molar-refractivity contribution in [2.75, 3.05) is 44.2 Å². The van der Waals surface area contributed by atoms with Gasteiger partial charge in [-0.3, -0.25) is 0 Å². The van der Waals surface area contributed by atoms with Gasteiger partial charge in [-0.2, -0.15) is 0 Å². The van der Waals surface area contributed by atoms with Crippen LogP contribution < -0.4 is 4.90 Å². The molecule has 0 bridgehead atoms. The van der Waals surface area contributed by atoms with Gasteiger partial charge in [-0.05, 0) is 55.0 Å². The number of piperidine rings is 1. The lowest BCUT2D eigenvalue weighted by Crippen LogP contribution is -2.54. The zero-order valence-electron chi connectivity index (χ0n) is 16.3. The van der Waals surface area contributed by atoms with Gasteiger partial charge in [-0.1, -0.05) is 30.3 Å². The van der Waals surface area contributed by atoms with Gasteiger partial charge in [-0.15, -0.1) is 0 Å². The summed E-state index contributed by atoms with van der Waals surface area (Å²) in [5.74, 6) is 0.454. The lowest BCUT2D eigenvalue weighted by Gasteiger charge is -2.40. The average Bonchev–Trinajstić information content (AvgIpc) is 2.75. The van der Waals surface area contributed by atoms with Crippen LogP contribution in [0, 0.1) is 11.7 Å². The van der Waals surface area contributed by atoms with E-state index in [4.69, 9.17) is 0 Å². The Morgan fingerprint density at radius 2 is 1.43 bits per heavy atom. The number of carbonyl (C=O) groups is 1. The molecule has 0 unspecified atom stereocenters. The summed E-state index contributed by atoms with van der Waals surface area (Å²) in [6.45, 7) is 4.74. The Morgan fingerprint density at radius 3 is 2.07 bits per heavy atom. The highest BCUT2D eigenvalue weighted by Gasteiger charge is 2.28. The van der Waals surface area contributed by atoms with Gasteiger partial charge >= 0.3 is 6.03 Å². The minimum atomic E-state index is -0.215. The average molecular weight is 381 g/mol. The van der Waals surface area contributed by atoms with E-state index >= 15 is 0 Å². The lowest BCUT2D eigenvalue weighted by molar-refractivity contribution is 0.130. The fourth-order valence-corrected chi connectivity index (χ4v) is 4.28. The molecule has 148 valence electrons. The predicted molar refractivity (Wildman–Crippen MR) is 110 cm³/mol. The molecule has 0 radical (unpaired) electrons. The van der Waals surface area contributed by atoms with Crippen molar-refractivity contribution in [3.8, 4) is 0 Å². The summed E-state index contributed by atoms with van der Waals surface area (Å²) in [6.07, 6.45) is 3.27. The molecule has 4 rings (SSSR count). The van der Waals surface area contributed by atoms with Gasteiger partial charge < -0.3 is 14.7 Å². The highest BCUT2D eigenvalue weighted by molar-refractivity contribution is 5.75. The first-order valence-corrected chi connectivity index (χ1v) is 10.3. The highest BCUT2D eigenvalue weighted by Crippen LogP contribution is 2.23. The number of anilines is 1. The quantitative estimate of drug-likeness (QED) is 0.803. The van der Waals surface area contributed by atoms with Crippen molar-refractivity contribution in [3.63, 3.8) is 0 Å². The van der Waals surface area contributed by atoms with Crippen molar-refractivity contribution in [1.29, 1.82) is 0 Å². The third kappa shape index (κ3) is 4.46. The van der Waals surface area contributed by atoms with Crippen molar-refractivity contribution in [2.45, 2.75) is 19.3 Å². The van der Waals surface area contributed by atoms with Crippen LogP contribution in [0.25, 0.3) is 0 Å². The number of rotatable bonds is 3. The molecule has 2 heterocycles. The van der Waals surface area contributed by atoms with Crippen molar-refractivity contribution >= 4 is 11.7 Å². The van der Waals surface area contributed by atoms with E-state index in [2.05, 4.69) is 35.2 Å². The van der Waals surface area contributed by atoms with Crippen LogP contribution in [-0.2, 0) is 6.42 Å². The molecule has 0 atom stereocenters. The first kappa shape index (κ1) is 18.8. The van der Waals surface area contributed by atoms with Crippen molar-refractivity contribution < 1.29 is 9.18 Å². The molecule has 2 fully saturated rings. The van der Waals surface area contributed by atoms with Crippen LogP contribution in [0.3, 0.4) is 0 Å². The van der Waals surface area contributed by atoms with Crippen LogP contribution in [-0.4, -0.2) is 55.1 Å². The van der Waals surface area contributed by atoms with E-state index in [-0.39, 0.29) is 11.8 Å². The molecule has 2 saturated heterocycles. The summed E-state index contributed by atoms with van der Waals surface area (Å²) in [4.78, 5) is 19.1. The first-order chi connectivity index (χ1) is 13.7. The SMILES string of the molecule is O=C(N1CCC(Cc2ccccc2)CC1)N1CCN(c2ccc(F)cc2)CC1. The second-order valence-corrected chi connectivity index (χ2v) is 7.85. The molecular formula is C23H28FN3O. The number of hydrogen-bond acceptors (Lipinski definition) is 2. The number of hydrogen-bond donors (Lipinski definition) is 0. The Balaban J connectivity index is 1.24. The summed E-state index contributed by atoms with van der Waals surface area (Å²) in [5, 5.41) is 0. The van der Waals surface area contributed by atoms with E-state index in [1.165, 1.54) is 17.7 Å². The van der Waals surface area contributed by atoms with Crippen LogP contribution in [0.15, 0.2) is 54.6 Å². The maximum absolute atomic E-state index is 13.1. The number of amides is 2.